The molecular weight excluding hydrogens is 358 g/mol. The molecule has 0 spiro atoms. The van der Waals surface area contributed by atoms with Gasteiger partial charge >= 0.3 is 0 Å². The summed E-state index contributed by atoms with van der Waals surface area (Å²) in [5.74, 6) is 0.241. The Morgan fingerprint density at radius 3 is 2.88 bits per heavy atom. The summed E-state index contributed by atoms with van der Waals surface area (Å²) in [6.45, 7) is 4.72. The molecule has 8 heteroatoms. The predicted molar refractivity (Wildman–Crippen MR) is 103 cm³/mol. The van der Waals surface area contributed by atoms with E-state index >= 15 is 0 Å². The number of aryl methyl sites for hydroxylation is 1. The van der Waals surface area contributed by atoms with Gasteiger partial charge in [-0.05, 0) is 31.0 Å². The first-order chi connectivity index (χ1) is 11.9. The van der Waals surface area contributed by atoms with Gasteiger partial charge in [0.25, 0.3) is 5.91 Å². The molecule has 6 nitrogen and oxygen atoms in total. The minimum Gasteiger partial charge on any atom is -0.352 e. The van der Waals surface area contributed by atoms with E-state index in [1.165, 1.54) is 11.8 Å². The number of unbranched alkanes of at least 4 members (excludes halogenated alkanes) is 1. The quantitative estimate of drug-likeness (QED) is 0.764. The number of fused-ring (bicyclic) bond motifs is 1. The molecule has 0 radical (unpaired) electrons. The molecule has 0 aromatic heterocycles. The van der Waals surface area contributed by atoms with Crippen molar-refractivity contribution in [1.29, 1.82) is 0 Å². The summed E-state index contributed by atoms with van der Waals surface area (Å²) in [4.78, 5) is 16.7. The predicted octanol–water partition coefficient (Wildman–Crippen LogP) is 2.21. The Bertz CT molecular complexity index is 805. The van der Waals surface area contributed by atoms with Gasteiger partial charge in [0.05, 0.1) is 17.5 Å². The first-order valence-corrected chi connectivity index (χ1v) is 11.2. The summed E-state index contributed by atoms with van der Waals surface area (Å²) in [6, 6.07) is 5.39. The number of hydrogen-bond donors (Lipinski definition) is 2. The lowest BCUT2D eigenvalue weighted by Crippen LogP contribution is -2.24. The van der Waals surface area contributed by atoms with Gasteiger partial charge in [0.1, 0.15) is 0 Å². The molecule has 0 aliphatic carbocycles. The third kappa shape index (κ3) is 4.36. The molecule has 2 heterocycles. The lowest BCUT2D eigenvalue weighted by molar-refractivity contribution is 0.0953. The van der Waals surface area contributed by atoms with E-state index in [1.807, 2.05) is 25.1 Å². The SMILES string of the molecule is CCCCNC(=O)c1ccc(C)c(NC2=N[C@@H]3CS(=O)(=O)C[C@@H]3S2)c1. The summed E-state index contributed by atoms with van der Waals surface area (Å²) < 4.78 is 23.3. The van der Waals surface area contributed by atoms with Crippen molar-refractivity contribution < 1.29 is 13.2 Å². The number of carbonyl (C=O) groups is 1. The highest BCUT2D eigenvalue weighted by Gasteiger charge is 2.42. The van der Waals surface area contributed by atoms with Crippen molar-refractivity contribution in [2.75, 3.05) is 23.4 Å². The Balaban J connectivity index is 1.69. The number of aliphatic imine (C=N–C) groups is 1. The van der Waals surface area contributed by atoms with Crippen molar-refractivity contribution in [2.45, 2.75) is 38.0 Å². The van der Waals surface area contributed by atoms with Crippen LogP contribution in [0.3, 0.4) is 0 Å². The molecule has 0 bridgehead atoms. The van der Waals surface area contributed by atoms with Crippen LogP contribution in [0.4, 0.5) is 5.69 Å². The summed E-state index contributed by atoms with van der Waals surface area (Å²) in [5, 5.41) is 6.92. The zero-order valence-electron chi connectivity index (χ0n) is 14.4. The summed E-state index contributed by atoms with van der Waals surface area (Å²) in [7, 11) is -2.95. The maximum absolute atomic E-state index is 12.2. The monoisotopic (exact) mass is 381 g/mol. The molecule has 1 aromatic rings. The highest BCUT2D eigenvalue weighted by atomic mass is 32.2. The van der Waals surface area contributed by atoms with Gasteiger partial charge in [-0.15, -0.1) is 0 Å². The summed E-state index contributed by atoms with van der Waals surface area (Å²) >= 11 is 1.48. The van der Waals surface area contributed by atoms with Crippen LogP contribution in [0, 0.1) is 6.92 Å². The van der Waals surface area contributed by atoms with Crippen molar-refractivity contribution in [1.82, 2.24) is 5.32 Å². The molecule has 1 amide bonds. The highest BCUT2D eigenvalue weighted by molar-refractivity contribution is 8.15. The molecule has 1 saturated heterocycles. The van der Waals surface area contributed by atoms with Gasteiger partial charge < -0.3 is 10.6 Å². The van der Waals surface area contributed by atoms with Gasteiger partial charge in [-0.3, -0.25) is 9.79 Å². The number of nitrogens with one attached hydrogen (secondary N) is 2. The third-order valence-corrected chi connectivity index (χ3v) is 7.52. The van der Waals surface area contributed by atoms with E-state index in [4.69, 9.17) is 0 Å². The Kier molecular flexibility index (Phi) is 5.38. The van der Waals surface area contributed by atoms with Gasteiger partial charge in [0, 0.05) is 23.0 Å². The zero-order chi connectivity index (χ0) is 18.0. The number of amidine groups is 1. The van der Waals surface area contributed by atoms with Crippen molar-refractivity contribution in [2.24, 2.45) is 4.99 Å². The van der Waals surface area contributed by atoms with Crippen molar-refractivity contribution in [3.05, 3.63) is 29.3 Å². The lowest BCUT2D eigenvalue weighted by atomic mass is 10.1. The Hall–Kier alpha value is -1.54. The van der Waals surface area contributed by atoms with Gasteiger partial charge in [-0.1, -0.05) is 31.2 Å². The van der Waals surface area contributed by atoms with Crippen molar-refractivity contribution in [3.8, 4) is 0 Å². The topological polar surface area (TPSA) is 87.6 Å². The van der Waals surface area contributed by atoms with E-state index in [0.717, 1.165) is 29.3 Å². The molecular formula is C17H23N3O3S2. The number of hydrogen-bond acceptors (Lipinski definition) is 6. The number of sulfone groups is 1. The Morgan fingerprint density at radius 2 is 2.16 bits per heavy atom. The zero-order valence-corrected chi connectivity index (χ0v) is 16.0. The second-order valence-corrected chi connectivity index (χ2v) is 9.88. The van der Waals surface area contributed by atoms with Crippen LogP contribution in [0.5, 0.6) is 0 Å². The fraction of sp³-hybridized carbons (Fsp3) is 0.529. The first kappa shape index (κ1) is 18.3. The lowest BCUT2D eigenvalue weighted by Gasteiger charge is -2.12. The first-order valence-electron chi connectivity index (χ1n) is 8.48. The van der Waals surface area contributed by atoms with Crippen LogP contribution in [0.1, 0.15) is 35.7 Å². The molecule has 1 fully saturated rings. The summed E-state index contributed by atoms with van der Waals surface area (Å²) in [6.07, 6.45) is 2.00. The van der Waals surface area contributed by atoms with Gasteiger partial charge in [0.15, 0.2) is 15.0 Å². The smallest absolute Gasteiger partial charge is 0.251 e. The van der Waals surface area contributed by atoms with E-state index in [9.17, 15) is 13.2 Å². The normalized spacial score (nSPS) is 23.8. The van der Waals surface area contributed by atoms with E-state index in [0.29, 0.717) is 12.1 Å². The maximum atomic E-state index is 12.2. The minimum atomic E-state index is -2.95. The number of thioether (sulfide) groups is 1. The average molecular weight is 382 g/mol. The molecule has 25 heavy (non-hydrogen) atoms. The molecule has 0 saturated carbocycles. The van der Waals surface area contributed by atoms with Crippen LogP contribution in [0.2, 0.25) is 0 Å². The Morgan fingerprint density at radius 1 is 1.36 bits per heavy atom. The van der Waals surface area contributed by atoms with Gasteiger partial charge in [-0.25, -0.2) is 8.42 Å². The number of anilines is 1. The van der Waals surface area contributed by atoms with Crippen LogP contribution < -0.4 is 10.6 Å². The van der Waals surface area contributed by atoms with Crippen molar-refractivity contribution >= 4 is 38.4 Å². The van der Waals surface area contributed by atoms with Gasteiger partial charge in [-0.2, -0.15) is 0 Å². The molecule has 2 aliphatic heterocycles. The molecule has 0 unspecified atom stereocenters. The molecule has 2 atom stereocenters. The maximum Gasteiger partial charge on any atom is 0.251 e. The van der Waals surface area contributed by atoms with Crippen LogP contribution >= 0.6 is 11.8 Å². The van der Waals surface area contributed by atoms with E-state index in [1.54, 1.807) is 0 Å². The van der Waals surface area contributed by atoms with E-state index < -0.39 is 9.84 Å². The number of benzene rings is 1. The number of amides is 1. The van der Waals surface area contributed by atoms with Crippen LogP contribution in [-0.2, 0) is 9.84 Å². The standard InChI is InChI=1S/C17H23N3O3S2/c1-3-4-7-18-16(21)12-6-5-11(2)13(8-12)19-17-20-14-9-25(22,23)10-15(14)24-17/h5-6,8,14-15H,3-4,7,9-10H2,1-2H3,(H,18,21)(H,19,20)/t14-,15+/m1/s1. The third-order valence-electron chi connectivity index (χ3n) is 4.38. The Labute approximate surface area is 152 Å². The molecule has 3 rings (SSSR count). The second kappa shape index (κ2) is 7.37. The molecule has 2 aliphatic rings. The largest absolute Gasteiger partial charge is 0.352 e. The van der Waals surface area contributed by atoms with Crippen LogP contribution in [0.15, 0.2) is 23.2 Å². The van der Waals surface area contributed by atoms with Crippen LogP contribution in [0.25, 0.3) is 0 Å². The number of carbonyl (C=O) groups excluding carboxylic acids is 1. The molecule has 136 valence electrons. The van der Waals surface area contributed by atoms with Crippen molar-refractivity contribution in [3.63, 3.8) is 0 Å². The van der Waals surface area contributed by atoms with Crippen LogP contribution in [-0.4, -0.2) is 48.8 Å². The second-order valence-electron chi connectivity index (χ2n) is 6.50. The molecule has 2 N–H and O–H groups in total. The average Bonchev–Trinajstić information content (AvgIpc) is 3.02. The van der Waals surface area contributed by atoms with E-state index in [-0.39, 0.29) is 28.7 Å². The summed E-state index contributed by atoms with van der Waals surface area (Å²) in [5.41, 5.74) is 2.45. The number of rotatable bonds is 5. The van der Waals surface area contributed by atoms with Gasteiger partial charge in [0.2, 0.25) is 0 Å². The van der Waals surface area contributed by atoms with E-state index in [2.05, 4.69) is 22.5 Å². The number of nitrogens with zero attached hydrogens (tertiary/aromatic N) is 1. The fourth-order valence-electron chi connectivity index (χ4n) is 2.91. The molecule has 1 aromatic carbocycles. The highest BCUT2D eigenvalue weighted by Crippen LogP contribution is 2.35. The minimum absolute atomic E-state index is 0.00771. The fourth-order valence-corrected chi connectivity index (χ4v) is 6.58.